The van der Waals surface area contributed by atoms with Crippen molar-refractivity contribution >= 4 is 11.6 Å². The second-order valence-electron chi connectivity index (χ2n) is 3.63. The van der Waals surface area contributed by atoms with Crippen molar-refractivity contribution in [3.05, 3.63) is 46.3 Å². The molecule has 4 nitrogen and oxygen atoms in total. The smallest absolute Gasteiger partial charge is 0.174 e. The third kappa shape index (κ3) is 2.99. The maximum absolute atomic E-state index is 9.17. The van der Waals surface area contributed by atoms with E-state index in [9.17, 15) is 0 Å². The maximum atomic E-state index is 9.17. The normalized spacial score (nSPS) is 10.5. The van der Waals surface area contributed by atoms with Crippen molar-refractivity contribution in [3.8, 4) is 5.75 Å². The van der Waals surface area contributed by atoms with Crippen molar-refractivity contribution in [2.24, 2.45) is 0 Å². The van der Waals surface area contributed by atoms with Crippen LogP contribution in [0.25, 0.3) is 0 Å². The van der Waals surface area contributed by atoms with E-state index in [-0.39, 0.29) is 13.2 Å². The Kier molecular flexibility index (Phi) is 3.66. The Hall–Kier alpha value is -1.52. The number of aliphatic hydroxyl groups is 1. The molecule has 0 bridgehead atoms. The van der Waals surface area contributed by atoms with Gasteiger partial charge in [0.05, 0.1) is 12.3 Å². The molecule has 1 heterocycles. The van der Waals surface area contributed by atoms with Crippen LogP contribution >= 0.6 is 11.6 Å². The predicted molar refractivity (Wildman–Crippen MR) is 62.9 cm³/mol. The first-order valence-corrected chi connectivity index (χ1v) is 5.51. The summed E-state index contributed by atoms with van der Waals surface area (Å²) < 4.78 is 10.5. The number of benzene rings is 1. The van der Waals surface area contributed by atoms with E-state index in [1.54, 1.807) is 24.3 Å². The molecule has 0 radical (unpaired) electrons. The molecule has 0 unspecified atom stereocenters. The van der Waals surface area contributed by atoms with Crippen LogP contribution in [0.4, 0.5) is 0 Å². The van der Waals surface area contributed by atoms with Crippen molar-refractivity contribution in [2.75, 3.05) is 0 Å². The fourth-order valence-corrected chi connectivity index (χ4v) is 1.64. The minimum Gasteiger partial charge on any atom is -0.485 e. The number of nitrogens with zero attached hydrogens (tertiary/aromatic N) is 1. The van der Waals surface area contributed by atoms with Crippen LogP contribution in [0.3, 0.4) is 0 Å². The molecule has 0 spiro atoms. The first-order chi connectivity index (χ1) is 8.19. The van der Waals surface area contributed by atoms with Gasteiger partial charge in [0.15, 0.2) is 5.76 Å². The Morgan fingerprint density at radius 1 is 1.41 bits per heavy atom. The monoisotopic (exact) mass is 253 g/mol. The van der Waals surface area contributed by atoms with Crippen molar-refractivity contribution in [2.45, 2.75) is 20.1 Å². The first kappa shape index (κ1) is 12.0. The fraction of sp³-hybridized carbons (Fsp3) is 0.250. The van der Waals surface area contributed by atoms with Gasteiger partial charge in [-0.15, -0.1) is 0 Å². The molecule has 1 aromatic heterocycles. The fourth-order valence-electron chi connectivity index (χ4n) is 1.45. The molecule has 2 rings (SSSR count). The highest BCUT2D eigenvalue weighted by molar-refractivity contribution is 6.30. The summed E-state index contributed by atoms with van der Waals surface area (Å²) in [6.07, 6.45) is 0. The van der Waals surface area contributed by atoms with Crippen LogP contribution in [-0.4, -0.2) is 10.3 Å². The number of aromatic nitrogens is 1. The van der Waals surface area contributed by atoms with Gasteiger partial charge in [-0.1, -0.05) is 16.8 Å². The second kappa shape index (κ2) is 5.21. The molecular weight excluding hydrogens is 242 g/mol. The Labute approximate surface area is 104 Å². The summed E-state index contributed by atoms with van der Waals surface area (Å²) in [6, 6.07) is 6.90. The summed E-state index contributed by atoms with van der Waals surface area (Å²) in [6.45, 7) is 2.00. The van der Waals surface area contributed by atoms with Crippen LogP contribution in [0, 0.1) is 6.92 Å². The van der Waals surface area contributed by atoms with Gasteiger partial charge in [0.1, 0.15) is 12.4 Å². The first-order valence-electron chi connectivity index (χ1n) is 5.13. The second-order valence-corrected chi connectivity index (χ2v) is 4.07. The molecule has 0 fully saturated rings. The van der Waals surface area contributed by atoms with E-state index >= 15 is 0 Å². The van der Waals surface area contributed by atoms with Crippen LogP contribution in [-0.2, 0) is 13.2 Å². The molecule has 17 heavy (non-hydrogen) atoms. The van der Waals surface area contributed by atoms with E-state index in [1.807, 2.05) is 6.92 Å². The highest BCUT2D eigenvalue weighted by Gasteiger charge is 2.06. The number of ether oxygens (including phenoxy) is 1. The molecule has 90 valence electrons. The average Bonchev–Trinajstić information content (AvgIpc) is 2.73. The van der Waals surface area contributed by atoms with Crippen LogP contribution in [0.1, 0.15) is 17.0 Å². The van der Waals surface area contributed by atoms with Gasteiger partial charge >= 0.3 is 0 Å². The molecule has 0 atom stereocenters. The highest BCUT2D eigenvalue weighted by atomic mass is 35.5. The van der Waals surface area contributed by atoms with Gasteiger partial charge in [-0.3, -0.25) is 0 Å². The topological polar surface area (TPSA) is 55.5 Å². The van der Waals surface area contributed by atoms with Crippen LogP contribution in [0.15, 0.2) is 28.8 Å². The summed E-state index contributed by atoms with van der Waals surface area (Å²) in [5, 5.41) is 13.5. The largest absolute Gasteiger partial charge is 0.485 e. The van der Waals surface area contributed by atoms with Crippen LogP contribution < -0.4 is 4.74 Å². The van der Waals surface area contributed by atoms with Gasteiger partial charge in [-0.25, -0.2) is 0 Å². The third-order valence-corrected chi connectivity index (χ3v) is 2.47. The van der Waals surface area contributed by atoms with Gasteiger partial charge < -0.3 is 14.4 Å². The molecule has 5 heteroatoms. The van der Waals surface area contributed by atoms with Crippen LogP contribution in [0.2, 0.25) is 5.02 Å². The number of aryl methyl sites for hydroxylation is 1. The molecule has 0 aliphatic carbocycles. The van der Waals surface area contributed by atoms with E-state index < -0.39 is 0 Å². The lowest BCUT2D eigenvalue weighted by atomic mass is 10.2. The lowest BCUT2D eigenvalue weighted by Crippen LogP contribution is -1.97. The molecule has 0 saturated heterocycles. The summed E-state index contributed by atoms with van der Waals surface area (Å²) in [5.74, 6) is 1.23. The highest BCUT2D eigenvalue weighted by Crippen LogP contribution is 2.23. The molecule has 1 aromatic carbocycles. The van der Waals surface area contributed by atoms with E-state index in [0.29, 0.717) is 22.1 Å². The van der Waals surface area contributed by atoms with Crippen molar-refractivity contribution in [1.29, 1.82) is 0 Å². The molecule has 0 amide bonds. The summed E-state index contributed by atoms with van der Waals surface area (Å²) >= 11 is 5.82. The number of rotatable bonds is 4. The van der Waals surface area contributed by atoms with E-state index in [0.717, 1.165) is 5.69 Å². The standard InChI is InChI=1S/C12H12ClNO3/c1-8-4-11(17-14-8)7-16-12-3-2-10(13)5-9(12)6-15/h2-5,15H,6-7H2,1H3. The third-order valence-electron chi connectivity index (χ3n) is 2.24. The zero-order valence-electron chi connectivity index (χ0n) is 9.31. The molecule has 1 N–H and O–H groups in total. The summed E-state index contributed by atoms with van der Waals surface area (Å²) in [5.41, 5.74) is 1.45. The lowest BCUT2D eigenvalue weighted by molar-refractivity contribution is 0.233. The lowest BCUT2D eigenvalue weighted by Gasteiger charge is -2.08. The Morgan fingerprint density at radius 3 is 2.88 bits per heavy atom. The van der Waals surface area contributed by atoms with E-state index in [4.69, 9.17) is 26.0 Å². The zero-order valence-corrected chi connectivity index (χ0v) is 10.1. The average molecular weight is 254 g/mol. The van der Waals surface area contributed by atoms with Crippen molar-refractivity contribution < 1.29 is 14.4 Å². The van der Waals surface area contributed by atoms with E-state index in [1.165, 1.54) is 0 Å². The summed E-state index contributed by atoms with van der Waals surface area (Å²) in [7, 11) is 0. The van der Waals surface area contributed by atoms with Gasteiger partial charge in [-0.05, 0) is 25.1 Å². The summed E-state index contributed by atoms with van der Waals surface area (Å²) in [4.78, 5) is 0. The quantitative estimate of drug-likeness (QED) is 0.910. The van der Waals surface area contributed by atoms with Crippen molar-refractivity contribution in [1.82, 2.24) is 5.16 Å². The van der Waals surface area contributed by atoms with E-state index in [2.05, 4.69) is 5.16 Å². The van der Waals surface area contributed by atoms with Crippen LogP contribution in [0.5, 0.6) is 5.75 Å². The van der Waals surface area contributed by atoms with Crippen molar-refractivity contribution in [3.63, 3.8) is 0 Å². The number of hydrogen-bond donors (Lipinski definition) is 1. The molecule has 0 saturated carbocycles. The molecule has 0 aliphatic heterocycles. The Bertz CT molecular complexity index is 510. The number of hydrogen-bond acceptors (Lipinski definition) is 4. The minimum absolute atomic E-state index is 0.120. The Morgan fingerprint density at radius 2 is 2.24 bits per heavy atom. The molecule has 0 aliphatic rings. The van der Waals surface area contributed by atoms with Gasteiger partial charge in [0, 0.05) is 16.7 Å². The number of halogens is 1. The van der Waals surface area contributed by atoms with Gasteiger partial charge in [0.25, 0.3) is 0 Å². The van der Waals surface area contributed by atoms with Gasteiger partial charge in [0.2, 0.25) is 0 Å². The SMILES string of the molecule is Cc1cc(COc2ccc(Cl)cc2CO)on1. The maximum Gasteiger partial charge on any atom is 0.174 e. The number of aliphatic hydroxyl groups excluding tert-OH is 1. The Balaban J connectivity index is 2.08. The zero-order chi connectivity index (χ0) is 12.3. The predicted octanol–water partition coefficient (Wildman–Crippen LogP) is 2.71. The molecule has 2 aromatic rings. The molecular formula is C12H12ClNO3. The van der Waals surface area contributed by atoms with Gasteiger partial charge in [-0.2, -0.15) is 0 Å². The minimum atomic E-state index is -0.120.